The van der Waals surface area contributed by atoms with Crippen molar-refractivity contribution in [1.82, 2.24) is 10.6 Å². The zero-order valence-electron chi connectivity index (χ0n) is 18.8. The van der Waals surface area contributed by atoms with Gasteiger partial charge in [0.15, 0.2) is 0 Å². The lowest BCUT2D eigenvalue weighted by atomic mass is 9.98. The molecule has 1 unspecified atom stereocenters. The summed E-state index contributed by atoms with van der Waals surface area (Å²) in [6.45, 7) is 0.120. The molecule has 34 heavy (non-hydrogen) atoms. The molecule has 2 aliphatic carbocycles. The van der Waals surface area contributed by atoms with E-state index in [4.69, 9.17) is 15.1 Å². The Morgan fingerprint density at radius 3 is 2.26 bits per heavy atom. The maximum Gasteiger partial charge on any atom is 0.407 e. The van der Waals surface area contributed by atoms with Crippen LogP contribution < -0.4 is 10.6 Å². The Hall–Kier alpha value is -3.86. The molecule has 1 fully saturated rings. The standard InChI is InChI=1S/C26H27N3O5/c27-14-6-5-11-22(24(32)29-26(12-13-26)15-23(30)31)28-25(33)34-16-21-19-9-3-1-7-17(19)18-8-2-4-10-20(18)21/h1-4,7-10,21-22H,5-6,11-13,15-16H2,(H,28,33)(H,29,32)(H,30,31). The van der Waals surface area contributed by atoms with Crippen LogP contribution in [0.15, 0.2) is 48.5 Å². The minimum Gasteiger partial charge on any atom is -0.481 e. The van der Waals surface area contributed by atoms with E-state index in [1.807, 2.05) is 42.5 Å². The van der Waals surface area contributed by atoms with E-state index >= 15 is 0 Å². The van der Waals surface area contributed by atoms with Crippen LogP contribution in [0.25, 0.3) is 11.1 Å². The number of benzene rings is 2. The summed E-state index contributed by atoms with van der Waals surface area (Å²) in [5, 5.41) is 23.3. The van der Waals surface area contributed by atoms with Gasteiger partial charge < -0.3 is 20.5 Å². The van der Waals surface area contributed by atoms with Gasteiger partial charge in [-0.2, -0.15) is 5.26 Å². The molecule has 8 heteroatoms. The van der Waals surface area contributed by atoms with Gasteiger partial charge in [0.25, 0.3) is 0 Å². The van der Waals surface area contributed by atoms with Gasteiger partial charge >= 0.3 is 12.1 Å². The second-order valence-corrected chi connectivity index (χ2v) is 8.91. The maximum absolute atomic E-state index is 12.8. The van der Waals surface area contributed by atoms with E-state index in [1.54, 1.807) is 0 Å². The molecule has 3 N–H and O–H groups in total. The summed E-state index contributed by atoms with van der Waals surface area (Å²) in [6, 6.07) is 17.1. The predicted molar refractivity (Wildman–Crippen MR) is 124 cm³/mol. The third kappa shape index (κ3) is 5.20. The Bertz CT molecular complexity index is 1090. The molecule has 0 saturated heterocycles. The summed E-state index contributed by atoms with van der Waals surface area (Å²) in [6.07, 6.45) is 1.21. The number of carboxylic acid groups (broad SMARTS) is 1. The highest BCUT2D eigenvalue weighted by Gasteiger charge is 2.46. The third-order valence-corrected chi connectivity index (χ3v) is 6.47. The van der Waals surface area contributed by atoms with E-state index in [9.17, 15) is 14.4 Å². The number of amides is 2. The summed E-state index contributed by atoms with van der Waals surface area (Å²) in [5.41, 5.74) is 3.66. The smallest absolute Gasteiger partial charge is 0.407 e. The van der Waals surface area contributed by atoms with Crippen molar-refractivity contribution in [2.75, 3.05) is 6.61 Å². The number of carbonyl (C=O) groups excluding carboxylic acids is 2. The van der Waals surface area contributed by atoms with Gasteiger partial charge in [0.05, 0.1) is 18.0 Å². The van der Waals surface area contributed by atoms with Crippen molar-refractivity contribution in [3.63, 3.8) is 0 Å². The molecule has 2 amide bonds. The van der Waals surface area contributed by atoms with Crippen LogP contribution in [0, 0.1) is 11.3 Å². The fraction of sp³-hybridized carbons (Fsp3) is 0.385. The molecule has 0 radical (unpaired) electrons. The van der Waals surface area contributed by atoms with Crippen LogP contribution >= 0.6 is 0 Å². The number of alkyl carbamates (subject to hydrolysis) is 1. The van der Waals surface area contributed by atoms with Gasteiger partial charge in [-0.3, -0.25) is 9.59 Å². The number of rotatable bonds is 10. The number of hydrogen-bond acceptors (Lipinski definition) is 5. The van der Waals surface area contributed by atoms with Gasteiger partial charge in [0.2, 0.25) is 5.91 Å². The first-order valence-electron chi connectivity index (χ1n) is 11.4. The van der Waals surface area contributed by atoms with Crippen LogP contribution in [-0.2, 0) is 14.3 Å². The molecule has 0 heterocycles. The minimum absolute atomic E-state index is 0.102. The van der Waals surface area contributed by atoms with Gasteiger partial charge in [-0.15, -0.1) is 0 Å². The summed E-state index contributed by atoms with van der Waals surface area (Å²) in [5.74, 6) is -1.54. The molecule has 0 aromatic heterocycles. The van der Waals surface area contributed by atoms with Gasteiger partial charge in [-0.1, -0.05) is 48.5 Å². The highest BCUT2D eigenvalue weighted by Crippen LogP contribution is 2.44. The zero-order chi connectivity index (χ0) is 24.1. The van der Waals surface area contributed by atoms with E-state index in [0.717, 1.165) is 22.3 Å². The molecule has 1 saturated carbocycles. The number of aliphatic carboxylic acids is 1. The number of fused-ring (bicyclic) bond motifs is 3. The topological polar surface area (TPSA) is 129 Å². The number of hydrogen-bond donors (Lipinski definition) is 3. The van der Waals surface area contributed by atoms with Crippen molar-refractivity contribution in [2.45, 2.75) is 56.0 Å². The van der Waals surface area contributed by atoms with E-state index < -0.39 is 29.6 Å². The average Bonchev–Trinajstić information content (AvgIpc) is 3.48. The number of nitrogens with one attached hydrogen (secondary N) is 2. The van der Waals surface area contributed by atoms with Crippen LogP contribution in [0.3, 0.4) is 0 Å². The summed E-state index contributed by atoms with van der Waals surface area (Å²) < 4.78 is 5.55. The lowest BCUT2D eigenvalue weighted by molar-refractivity contribution is -0.138. The van der Waals surface area contributed by atoms with E-state index in [0.29, 0.717) is 19.3 Å². The number of nitrogens with zero attached hydrogens (tertiary/aromatic N) is 1. The van der Waals surface area contributed by atoms with Crippen LogP contribution in [0.2, 0.25) is 0 Å². The van der Waals surface area contributed by atoms with Gasteiger partial charge in [-0.25, -0.2) is 4.79 Å². The zero-order valence-corrected chi connectivity index (χ0v) is 18.8. The molecule has 2 aromatic carbocycles. The van der Waals surface area contributed by atoms with Crippen LogP contribution in [0.5, 0.6) is 0 Å². The Morgan fingerprint density at radius 2 is 1.71 bits per heavy atom. The number of carboxylic acids is 1. The minimum atomic E-state index is -0.983. The normalized spacial score (nSPS) is 15.9. The van der Waals surface area contributed by atoms with Crippen LogP contribution in [-0.4, -0.2) is 41.3 Å². The van der Waals surface area contributed by atoms with Gasteiger partial charge in [-0.05, 0) is 47.9 Å². The first kappa shape index (κ1) is 23.3. The number of ether oxygens (including phenoxy) is 1. The molecule has 0 spiro atoms. The first-order valence-corrected chi connectivity index (χ1v) is 11.4. The van der Waals surface area contributed by atoms with Crippen molar-refractivity contribution in [3.8, 4) is 17.2 Å². The maximum atomic E-state index is 12.8. The number of carbonyl (C=O) groups is 3. The average molecular weight is 462 g/mol. The van der Waals surface area contributed by atoms with Crippen molar-refractivity contribution in [1.29, 1.82) is 5.26 Å². The van der Waals surface area contributed by atoms with E-state index in [1.165, 1.54) is 0 Å². The Balaban J connectivity index is 1.40. The number of nitriles is 1. The monoisotopic (exact) mass is 461 g/mol. The molecule has 4 rings (SSSR count). The number of unbranched alkanes of at least 4 members (excludes halogenated alkanes) is 1. The van der Waals surface area contributed by atoms with Crippen molar-refractivity contribution < 1.29 is 24.2 Å². The first-order chi connectivity index (χ1) is 16.4. The molecule has 2 aliphatic rings. The second-order valence-electron chi connectivity index (χ2n) is 8.91. The summed E-state index contributed by atoms with van der Waals surface area (Å²) >= 11 is 0. The second kappa shape index (κ2) is 9.96. The third-order valence-electron chi connectivity index (χ3n) is 6.47. The van der Waals surface area contributed by atoms with Crippen molar-refractivity contribution in [3.05, 3.63) is 59.7 Å². The van der Waals surface area contributed by atoms with Crippen LogP contribution in [0.4, 0.5) is 4.79 Å². The molecule has 2 aromatic rings. The molecule has 0 bridgehead atoms. The predicted octanol–water partition coefficient (Wildman–Crippen LogP) is 3.71. The van der Waals surface area contributed by atoms with Gasteiger partial charge in [0, 0.05) is 12.3 Å². The SMILES string of the molecule is N#CCCCC(NC(=O)OCC1c2ccccc2-c2ccccc21)C(=O)NC1(CC(=O)O)CC1. The van der Waals surface area contributed by atoms with Crippen molar-refractivity contribution in [2.24, 2.45) is 0 Å². The lowest BCUT2D eigenvalue weighted by Gasteiger charge is -2.22. The fourth-order valence-corrected chi connectivity index (χ4v) is 4.57. The molecule has 0 aliphatic heterocycles. The lowest BCUT2D eigenvalue weighted by Crippen LogP contribution is -2.51. The fourth-order valence-electron chi connectivity index (χ4n) is 4.57. The van der Waals surface area contributed by atoms with Gasteiger partial charge in [0.1, 0.15) is 12.6 Å². The Morgan fingerprint density at radius 1 is 1.09 bits per heavy atom. The van der Waals surface area contributed by atoms with Crippen LogP contribution in [0.1, 0.15) is 55.6 Å². The molecular formula is C26H27N3O5. The molecule has 1 atom stereocenters. The highest BCUT2D eigenvalue weighted by atomic mass is 16.5. The highest BCUT2D eigenvalue weighted by molar-refractivity contribution is 5.87. The Labute approximate surface area is 197 Å². The molecule has 176 valence electrons. The quantitative estimate of drug-likeness (QED) is 0.463. The largest absolute Gasteiger partial charge is 0.481 e. The summed E-state index contributed by atoms with van der Waals surface area (Å²) in [7, 11) is 0. The van der Waals surface area contributed by atoms with Crippen molar-refractivity contribution >= 4 is 18.0 Å². The molecule has 8 nitrogen and oxygen atoms in total. The Kier molecular flexibility index (Phi) is 6.82. The van der Waals surface area contributed by atoms with E-state index in [-0.39, 0.29) is 31.8 Å². The summed E-state index contributed by atoms with van der Waals surface area (Å²) in [4.78, 5) is 36.6. The molecular weight excluding hydrogens is 434 g/mol. The van der Waals surface area contributed by atoms with E-state index in [2.05, 4.69) is 22.8 Å².